The lowest BCUT2D eigenvalue weighted by Gasteiger charge is -2.36. The van der Waals surface area contributed by atoms with Crippen LogP contribution in [0.25, 0.3) is 10.9 Å². The van der Waals surface area contributed by atoms with E-state index in [1.807, 2.05) is 0 Å². The zero-order valence-corrected chi connectivity index (χ0v) is 22.4. The van der Waals surface area contributed by atoms with Crippen LogP contribution in [-0.4, -0.2) is 59.7 Å². The molecular weight excluding hydrogens is 576 g/mol. The summed E-state index contributed by atoms with van der Waals surface area (Å²) in [4.78, 5) is 1.76. The van der Waals surface area contributed by atoms with E-state index in [1.165, 1.54) is 6.20 Å². The fourth-order valence-corrected chi connectivity index (χ4v) is 5.91. The molecule has 13 heteroatoms. The average molecular weight is 597 g/mol. The summed E-state index contributed by atoms with van der Waals surface area (Å²) in [5.74, 6) is 0. The molecule has 204 valence electrons. The lowest BCUT2D eigenvalue weighted by molar-refractivity contribution is -0.0490. The smallest absolute Gasteiger partial charge is 0.376 e. The van der Waals surface area contributed by atoms with E-state index >= 15 is 0 Å². The van der Waals surface area contributed by atoms with Crippen LogP contribution in [0.3, 0.4) is 0 Å². The molecule has 5 rings (SSSR count). The molecule has 0 radical (unpaired) electrons. The Kier molecular flexibility index (Phi) is 7.23. The molecule has 1 N–H and O–H groups in total. The van der Waals surface area contributed by atoms with Gasteiger partial charge in [-0.05, 0) is 53.1 Å². The molecule has 0 amide bonds. The van der Waals surface area contributed by atoms with Crippen LogP contribution in [0.2, 0.25) is 10.0 Å². The van der Waals surface area contributed by atoms with Crippen LogP contribution in [0.1, 0.15) is 16.7 Å². The number of piperazine rings is 1. The maximum absolute atomic E-state index is 13.0. The summed E-state index contributed by atoms with van der Waals surface area (Å²) >= 11 is 12.2. The normalized spacial score (nSPS) is 15.6. The SMILES string of the molecule is O=S(=O)(N1CCN(c2cnnc3ccc(C(O)(c4ccc(Cl)cc4)c4ccc(Cl)cc4)cc23)CC1)C(F)(F)F. The van der Waals surface area contributed by atoms with Crippen molar-refractivity contribution in [2.45, 2.75) is 11.1 Å². The van der Waals surface area contributed by atoms with Crippen LogP contribution in [0.4, 0.5) is 18.9 Å². The first-order valence-corrected chi connectivity index (χ1v) is 13.9. The molecule has 1 saturated heterocycles. The van der Waals surface area contributed by atoms with E-state index in [2.05, 4.69) is 10.2 Å². The molecule has 2 heterocycles. The number of halogens is 5. The van der Waals surface area contributed by atoms with Crippen molar-refractivity contribution >= 4 is 49.8 Å². The molecule has 4 aromatic rings. The fourth-order valence-electron chi connectivity index (χ4n) is 4.72. The summed E-state index contributed by atoms with van der Waals surface area (Å²) in [7, 11) is -5.41. The van der Waals surface area contributed by atoms with Gasteiger partial charge in [0.1, 0.15) is 5.60 Å². The largest absolute Gasteiger partial charge is 0.511 e. The van der Waals surface area contributed by atoms with Crippen LogP contribution < -0.4 is 4.90 Å². The Balaban J connectivity index is 1.57. The predicted octanol–water partition coefficient (Wildman–Crippen LogP) is 5.19. The minimum absolute atomic E-state index is 0.0129. The molecule has 0 aliphatic carbocycles. The molecule has 0 atom stereocenters. The van der Waals surface area contributed by atoms with Crippen molar-refractivity contribution in [3.8, 4) is 0 Å². The molecular formula is C26H21Cl2F3N4O3S. The van der Waals surface area contributed by atoms with E-state index in [0.717, 1.165) is 0 Å². The minimum Gasteiger partial charge on any atom is -0.376 e. The zero-order valence-electron chi connectivity index (χ0n) is 20.1. The molecule has 0 spiro atoms. The number of sulfonamides is 1. The Morgan fingerprint density at radius 2 is 1.31 bits per heavy atom. The predicted molar refractivity (Wildman–Crippen MR) is 143 cm³/mol. The number of alkyl halides is 3. The Hall–Kier alpha value is -2.96. The number of aromatic nitrogens is 2. The van der Waals surface area contributed by atoms with Gasteiger partial charge in [-0.2, -0.15) is 27.7 Å². The van der Waals surface area contributed by atoms with Crippen LogP contribution in [-0.2, 0) is 15.6 Å². The van der Waals surface area contributed by atoms with Gasteiger partial charge in [-0.3, -0.25) is 0 Å². The van der Waals surface area contributed by atoms with Gasteiger partial charge in [0.2, 0.25) is 0 Å². The maximum atomic E-state index is 13.0. The average Bonchev–Trinajstić information content (AvgIpc) is 2.92. The molecule has 1 aliphatic rings. The zero-order chi connectivity index (χ0) is 28.0. The van der Waals surface area contributed by atoms with Crippen molar-refractivity contribution in [1.29, 1.82) is 0 Å². The van der Waals surface area contributed by atoms with Gasteiger partial charge in [-0.15, -0.1) is 0 Å². The van der Waals surface area contributed by atoms with Crippen molar-refractivity contribution in [3.63, 3.8) is 0 Å². The summed E-state index contributed by atoms with van der Waals surface area (Å²) in [5, 5.41) is 22.0. The second kappa shape index (κ2) is 10.2. The summed E-state index contributed by atoms with van der Waals surface area (Å²) in [6.45, 7) is -0.659. The third-order valence-corrected chi connectivity index (χ3v) is 8.91. The van der Waals surface area contributed by atoms with E-state index in [0.29, 0.717) is 47.6 Å². The molecule has 0 saturated carbocycles. The number of aliphatic hydroxyl groups is 1. The van der Waals surface area contributed by atoms with Gasteiger partial charge in [0.15, 0.2) is 0 Å². The number of benzene rings is 3. The topological polar surface area (TPSA) is 86.6 Å². The standard InChI is InChI=1S/C26H21Cl2F3N4O3S/c27-20-6-1-17(2-7-20)25(36,18-3-8-21(28)9-4-18)19-5-10-23-22(15-19)24(16-32-33-23)34-11-13-35(14-12-34)39(37,38)26(29,30)31/h1-10,15-16,36H,11-14H2. The van der Waals surface area contributed by atoms with Crippen LogP contribution in [0, 0.1) is 0 Å². The van der Waals surface area contributed by atoms with Gasteiger partial charge in [0.05, 0.1) is 17.4 Å². The van der Waals surface area contributed by atoms with Gasteiger partial charge in [0.25, 0.3) is 0 Å². The highest BCUT2D eigenvalue weighted by atomic mass is 35.5. The van der Waals surface area contributed by atoms with Crippen molar-refractivity contribution < 1.29 is 26.7 Å². The minimum atomic E-state index is -5.41. The first-order chi connectivity index (χ1) is 18.4. The second-order valence-corrected chi connectivity index (χ2v) is 11.8. The quantitative estimate of drug-likeness (QED) is 0.319. The van der Waals surface area contributed by atoms with Gasteiger partial charge in [0, 0.05) is 41.6 Å². The highest BCUT2D eigenvalue weighted by molar-refractivity contribution is 7.90. The third-order valence-electron chi connectivity index (χ3n) is 6.77. The fraction of sp³-hybridized carbons (Fsp3) is 0.231. The Morgan fingerprint density at radius 1 is 0.795 bits per heavy atom. The number of anilines is 1. The molecule has 7 nitrogen and oxygen atoms in total. The first kappa shape index (κ1) is 27.6. The van der Waals surface area contributed by atoms with Crippen molar-refractivity contribution in [2.75, 3.05) is 31.1 Å². The van der Waals surface area contributed by atoms with E-state index in [4.69, 9.17) is 23.2 Å². The van der Waals surface area contributed by atoms with Crippen LogP contribution in [0.15, 0.2) is 72.9 Å². The number of nitrogens with zero attached hydrogens (tertiary/aromatic N) is 4. The van der Waals surface area contributed by atoms with Crippen molar-refractivity contribution in [1.82, 2.24) is 14.5 Å². The molecule has 0 unspecified atom stereocenters. The summed E-state index contributed by atoms with van der Waals surface area (Å²) in [5.41, 5.74) is -4.35. The molecule has 0 bridgehead atoms. The highest BCUT2D eigenvalue weighted by Gasteiger charge is 2.50. The summed E-state index contributed by atoms with van der Waals surface area (Å²) < 4.78 is 63.2. The van der Waals surface area contributed by atoms with Crippen molar-refractivity contribution in [3.05, 3.63) is 99.7 Å². The molecule has 1 aliphatic heterocycles. The summed E-state index contributed by atoms with van der Waals surface area (Å²) in [6, 6.07) is 18.7. The maximum Gasteiger partial charge on any atom is 0.511 e. The highest BCUT2D eigenvalue weighted by Crippen LogP contribution is 2.40. The van der Waals surface area contributed by atoms with Gasteiger partial charge >= 0.3 is 15.5 Å². The third kappa shape index (κ3) is 5.05. The molecule has 1 fully saturated rings. The number of hydrogen-bond acceptors (Lipinski definition) is 6. The van der Waals surface area contributed by atoms with Crippen LogP contribution >= 0.6 is 23.2 Å². The van der Waals surface area contributed by atoms with E-state index < -0.39 is 21.1 Å². The van der Waals surface area contributed by atoms with E-state index in [9.17, 15) is 26.7 Å². The monoisotopic (exact) mass is 596 g/mol. The van der Waals surface area contributed by atoms with E-state index in [-0.39, 0.29) is 26.2 Å². The molecule has 3 aromatic carbocycles. The second-order valence-electron chi connectivity index (χ2n) is 9.02. The van der Waals surface area contributed by atoms with Crippen LogP contribution in [0.5, 0.6) is 0 Å². The Morgan fingerprint density at radius 3 is 1.82 bits per heavy atom. The van der Waals surface area contributed by atoms with Crippen molar-refractivity contribution in [2.24, 2.45) is 0 Å². The summed E-state index contributed by atoms with van der Waals surface area (Å²) in [6.07, 6.45) is 1.48. The Labute approximate surface area is 232 Å². The molecule has 39 heavy (non-hydrogen) atoms. The van der Waals surface area contributed by atoms with Gasteiger partial charge < -0.3 is 10.0 Å². The lowest BCUT2D eigenvalue weighted by atomic mass is 9.80. The lowest BCUT2D eigenvalue weighted by Crippen LogP contribution is -2.52. The number of rotatable bonds is 5. The molecule has 1 aromatic heterocycles. The van der Waals surface area contributed by atoms with Gasteiger partial charge in [-0.25, -0.2) is 8.42 Å². The first-order valence-electron chi connectivity index (χ1n) is 11.7. The van der Waals surface area contributed by atoms with E-state index in [1.54, 1.807) is 71.6 Å². The Bertz CT molecular complexity index is 1570. The van der Waals surface area contributed by atoms with Gasteiger partial charge in [-0.1, -0.05) is 53.5 Å². The number of hydrogen-bond donors (Lipinski definition) is 1. The number of fused-ring (bicyclic) bond motifs is 1.